The Labute approximate surface area is 129 Å². The highest BCUT2D eigenvalue weighted by Crippen LogP contribution is 2.36. The van der Waals surface area contributed by atoms with Gasteiger partial charge >= 0.3 is 5.51 Å². The van der Waals surface area contributed by atoms with E-state index in [0.717, 1.165) is 0 Å². The zero-order chi connectivity index (χ0) is 16.0. The molecule has 116 valence electrons. The molecule has 0 aliphatic rings. The minimum Gasteiger partial charge on any atom is -0.467 e. The quantitative estimate of drug-likeness (QED) is 0.660. The van der Waals surface area contributed by atoms with Gasteiger partial charge in [-0.3, -0.25) is 4.79 Å². The molecule has 0 radical (unpaired) electrons. The summed E-state index contributed by atoms with van der Waals surface area (Å²) in [7, 11) is 0. The molecule has 22 heavy (non-hydrogen) atoms. The minimum absolute atomic E-state index is 0.104. The summed E-state index contributed by atoms with van der Waals surface area (Å²) in [5.41, 5.74) is -3.66. The average Bonchev–Trinajstić information content (AvgIpc) is 2.96. The van der Waals surface area contributed by atoms with Crippen molar-refractivity contribution in [3.05, 3.63) is 60.1 Å². The van der Waals surface area contributed by atoms with Gasteiger partial charge in [0, 0.05) is 11.0 Å². The molecule has 7 heteroatoms. The van der Waals surface area contributed by atoms with Crippen molar-refractivity contribution in [2.45, 2.75) is 16.9 Å². The Morgan fingerprint density at radius 1 is 1.23 bits per heavy atom. The maximum Gasteiger partial charge on any atom is 0.446 e. The first-order valence-electron chi connectivity index (χ1n) is 6.26. The topological polar surface area (TPSA) is 42.2 Å². The van der Waals surface area contributed by atoms with Crippen molar-refractivity contribution in [1.82, 2.24) is 5.32 Å². The van der Waals surface area contributed by atoms with Crippen LogP contribution in [0.15, 0.2) is 58.1 Å². The fraction of sp³-hybridized carbons (Fsp3) is 0.133. The highest BCUT2D eigenvalue weighted by Gasteiger charge is 2.28. The molecule has 0 spiro atoms. The molecule has 0 unspecified atom stereocenters. The molecule has 0 atom stereocenters. The van der Waals surface area contributed by atoms with Gasteiger partial charge in [-0.25, -0.2) is 0 Å². The van der Waals surface area contributed by atoms with Gasteiger partial charge in [-0.05, 0) is 47.7 Å². The van der Waals surface area contributed by atoms with Crippen LogP contribution in [-0.4, -0.2) is 11.4 Å². The van der Waals surface area contributed by atoms with Crippen molar-refractivity contribution >= 4 is 23.7 Å². The molecule has 1 heterocycles. The molecule has 2 aromatic rings. The number of hydrogen-bond acceptors (Lipinski definition) is 3. The Balaban J connectivity index is 1.85. The van der Waals surface area contributed by atoms with Gasteiger partial charge in [0.05, 0.1) is 12.8 Å². The van der Waals surface area contributed by atoms with Crippen LogP contribution in [0.5, 0.6) is 0 Å². The highest BCUT2D eigenvalue weighted by molar-refractivity contribution is 8.00. The van der Waals surface area contributed by atoms with Crippen LogP contribution < -0.4 is 5.32 Å². The Kier molecular flexibility index (Phi) is 5.32. The summed E-state index contributed by atoms with van der Waals surface area (Å²) in [6.07, 6.45) is 4.35. The summed E-state index contributed by atoms with van der Waals surface area (Å²) in [6.45, 7) is 0.275. The van der Waals surface area contributed by atoms with E-state index >= 15 is 0 Å². The van der Waals surface area contributed by atoms with Crippen LogP contribution in [0.4, 0.5) is 13.2 Å². The molecular weight excluding hydrogens is 315 g/mol. The summed E-state index contributed by atoms with van der Waals surface area (Å²) >= 11 is -0.173. The summed E-state index contributed by atoms with van der Waals surface area (Å²) < 4.78 is 41.6. The lowest BCUT2D eigenvalue weighted by molar-refractivity contribution is -0.116. The van der Waals surface area contributed by atoms with Gasteiger partial charge in [-0.1, -0.05) is 12.1 Å². The van der Waals surface area contributed by atoms with E-state index in [2.05, 4.69) is 5.32 Å². The Morgan fingerprint density at radius 2 is 1.95 bits per heavy atom. The maximum atomic E-state index is 12.2. The lowest BCUT2D eigenvalue weighted by atomic mass is 10.2. The third-order valence-electron chi connectivity index (χ3n) is 2.56. The molecule has 1 aromatic carbocycles. The Morgan fingerprint density at radius 3 is 2.55 bits per heavy atom. The van der Waals surface area contributed by atoms with Crippen molar-refractivity contribution in [1.29, 1.82) is 0 Å². The van der Waals surface area contributed by atoms with Gasteiger partial charge in [-0.2, -0.15) is 13.2 Å². The number of nitrogens with one attached hydrogen (secondary N) is 1. The van der Waals surface area contributed by atoms with Gasteiger partial charge in [0.1, 0.15) is 5.76 Å². The smallest absolute Gasteiger partial charge is 0.446 e. The molecule has 2 rings (SSSR count). The lowest BCUT2D eigenvalue weighted by Crippen LogP contribution is -2.19. The molecule has 0 bridgehead atoms. The second-order valence-corrected chi connectivity index (χ2v) is 5.39. The van der Waals surface area contributed by atoms with Gasteiger partial charge in [-0.15, -0.1) is 0 Å². The number of carbonyl (C=O) groups is 1. The monoisotopic (exact) mass is 327 g/mol. The zero-order valence-corrected chi connectivity index (χ0v) is 12.1. The fourth-order valence-corrected chi connectivity index (χ4v) is 2.14. The first-order chi connectivity index (χ1) is 10.4. The van der Waals surface area contributed by atoms with Crippen molar-refractivity contribution in [3.8, 4) is 0 Å². The van der Waals surface area contributed by atoms with Gasteiger partial charge in [0.15, 0.2) is 0 Å². The second-order valence-electron chi connectivity index (χ2n) is 4.25. The lowest BCUT2D eigenvalue weighted by Gasteiger charge is -2.05. The predicted molar refractivity (Wildman–Crippen MR) is 77.9 cm³/mol. The molecule has 1 amide bonds. The maximum absolute atomic E-state index is 12.2. The van der Waals surface area contributed by atoms with Crippen LogP contribution in [-0.2, 0) is 11.3 Å². The number of amides is 1. The van der Waals surface area contributed by atoms with E-state index in [1.165, 1.54) is 42.7 Å². The van der Waals surface area contributed by atoms with Crippen molar-refractivity contribution in [3.63, 3.8) is 0 Å². The molecule has 0 saturated carbocycles. The highest BCUT2D eigenvalue weighted by atomic mass is 32.2. The third-order valence-corrected chi connectivity index (χ3v) is 3.30. The van der Waals surface area contributed by atoms with Crippen LogP contribution in [0.1, 0.15) is 11.3 Å². The molecule has 0 saturated heterocycles. The largest absolute Gasteiger partial charge is 0.467 e. The molecule has 0 aliphatic heterocycles. The van der Waals surface area contributed by atoms with Gasteiger partial charge < -0.3 is 9.73 Å². The predicted octanol–water partition coefficient (Wildman–Crippen LogP) is 4.22. The summed E-state index contributed by atoms with van der Waals surface area (Å²) in [4.78, 5) is 11.7. The first-order valence-corrected chi connectivity index (χ1v) is 7.08. The van der Waals surface area contributed by atoms with E-state index in [9.17, 15) is 18.0 Å². The van der Waals surface area contributed by atoms with E-state index in [4.69, 9.17) is 4.42 Å². The molecule has 3 nitrogen and oxygen atoms in total. The Bertz CT molecular complexity index is 634. The van der Waals surface area contributed by atoms with E-state index in [-0.39, 0.29) is 29.1 Å². The number of hydrogen-bond donors (Lipinski definition) is 1. The zero-order valence-electron chi connectivity index (χ0n) is 11.3. The average molecular weight is 327 g/mol. The second kappa shape index (κ2) is 7.22. The molecule has 0 fully saturated rings. The molecule has 0 aliphatic carbocycles. The number of rotatable bonds is 5. The van der Waals surface area contributed by atoms with Crippen LogP contribution in [0, 0.1) is 0 Å². The summed E-state index contributed by atoms with van der Waals surface area (Å²) in [5, 5.41) is 2.63. The molecule has 1 aromatic heterocycles. The van der Waals surface area contributed by atoms with E-state index < -0.39 is 5.51 Å². The van der Waals surface area contributed by atoms with Gasteiger partial charge in [0.2, 0.25) is 5.91 Å². The van der Waals surface area contributed by atoms with E-state index in [1.54, 1.807) is 12.1 Å². The van der Waals surface area contributed by atoms with Crippen molar-refractivity contribution in [2.75, 3.05) is 0 Å². The van der Waals surface area contributed by atoms with Crippen LogP contribution >= 0.6 is 11.8 Å². The molecule has 1 N–H and O–H groups in total. The number of benzene rings is 1. The normalized spacial score (nSPS) is 11.8. The van der Waals surface area contributed by atoms with Crippen molar-refractivity contribution < 1.29 is 22.4 Å². The Hall–Kier alpha value is -2.15. The van der Waals surface area contributed by atoms with Crippen LogP contribution in [0.25, 0.3) is 6.08 Å². The van der Waals surface area contributed by atoms with Crippen LogP contribution in [0.3, 0.4) is 0 Å². The number of alkyl halides is 3. The first kappa shape index (κ1) is 16.2. The van der Waals surface area contributed by atoms with Gasteiger partial charge in [0.25, 0.3) is 0 Å². The SMILES string of the molecule is O=C(C=Cc1ccc(SC(F)(F)F)cc1)NCc1ccco1. The van der Waals surface area contributed by atoms with E-state index in [0.29, 0.717) is 11.3 Å². The third kappa shape index (κ3) is 5.69. The van der Waals surface area contributed by atoms with Crippen molar-refractivity contribution in [2.24, 2.45) is 0 Å². The van der Waals surface area contributed by atoms with Crippen LogP contribution in [0.2, 0.25) is 0 Å². The number of halogens is 3. The number of thioether (sulfide) groups is 1. The number of furan rings is 1. The standard InChI is InChI=1S/C15H12F3NO2S/c16-15(17,18)22-13-6-3-11(4-7-13)5-8-14(20)19-10-12-2-1-9-21-12/h1-9H,10H2,(H,19,20). The number of carbonyl (C=O) groups excluding carboxylic acids is 1. The fourth-order valence-electron chi connectivity index (χ4n) is 1.60. The summed E-state index contributed by atoms with van der Waals surface area (Å²) in [5.74, 6) is 0.320. The summed E-state index contributed by atoms with van der Waals surface area (Å²) in [6, 6.07) is 9.21. The van der Waals surface area contributed by atoms with E-state index in [1.807, 2.05) is 0 Å². The minimum atomic E-state index is -4.30. The molecular formula is C15H12F3NO2S.